The molecule has 0 bridgehead atoms. The third kappa shape index (κ3) is 1.63. The normalized spacial score (nSPS) is 9.57. The number of methoxy groups -OCH3 is 2. The van der Waals surface area contributed by atoms with E-state index in [1.54, 1.807) is 0 Å². The Morgan fingerprint density at radius 1 is 1.36 bits per heavy atom. The van der Waals surface area contributed by atoms with Crippen LogP contribution in [0.25, 0.3) is 0 Å². The van der Waals surface area contributed by atoms with Crippen molar-refractivity contribution in [3.63, 3.8) is 0 Å². The highest BCUT2D eigenvalue weighted by atomic mass is 16.6. The molecule has 0 aliphatic carbocycles. The van der Waals surface area contributed by atoms with Gasteiger partial charge in [-0.05, 0) is 0 Å². The second-order valence-electron chi connectivity index (χ2n) is 2.21. The molecular weight excluding hydrogens is 192 g/mol. The number of ether oxygens (including phenoxy) is 2. The maximum Gasteiger partial charge on any atom is 0.372 e. The predicted octanol–water partition coefficient (Wildman–Crippen LogP) is -0.0158. The van der Waals surface area contributed by atoms with Crippen LogP contribution in [0.15, 0.2) is 0 Å². The van der Waals surface area contributed by atoms with Crippen LogP contribution in [0.4, 0.5) is 11.5 Å². The number of aromatic nitrogens is 2. The second-order valence-corrected chi connectivity index (χ2v) is 2.21. The summed E-state index contributed by atoms with van der Waals surface area (Å²) >= 11 is 0. The Kier molecular flexibility index (Phi) is 2.65. The molecule has 0 aromatic carbocycles. The van der Waals surface area contributed by atoms with Crippen LogP contribution in [0, 0.1) is 10.1 Å². The molecule has 0 radical (unpaired) electrons. The third-order valence-corrected chi connectivity index (χ3v) is 1.42. The second kappa shape index (κ2) is 3.73. The lowest BCUT2D eigenvalue weighted by molar-refractivity contribution is -0.385. The first-order valence-corrected chi connectivity index (χ1v) is 3.50. The SMILES string of the molecule is COc1nc(N)c([N+](=O)[O-])c(OC)n1. The fourth-order valence-corrected chi connectivity index (χ4v) is 0.836. The minimum absolute atomic E-state index is 0.0787. The van der Waals surface area contributed by atoms with Gasteiger partial charge >= 0.3 is 17.6 Å². The van der Waals surface area contributed by atoms with Gasteiger partial charge in [-0.25, -0.2) is 0 Å². The van der Waals surface area contributed by atoms with Gasteiger partial charge in [0.15, 0.2) is 0 Å². The number of hydrogen-bond acceptors (Lipinski definition) is 7. The highest BCUT2D eigenvalue weighted by Crippen LogP contribution is 2.30. The molecule has 0 spiro atoms. The fourth-order valence-electron chi connectivity index (χ4n) is 0.836. The average molecular weight is 200 g/mol. The van der Waals surface area contributed by atoms with Gasteiger partial charge in [-0.2, -0.15) is 9.97 Å². The van der Waals surface area contributed by atoms with Gasteiger partial charge in [0.1, 0.15) is 0 Å². The zero-order valence-electron chi connectivity index (χ0n) is 7.55. The number of nitro groups is 1. The number of nitrogens with two attached hydrogens (primary N) is 1. The Morgan fingerprint density at radius 2 is 2.00 bits per heavy atom. The molecule has 0 atom stereocenters. The van der Waals surface area contributed by atoms with Crippen molar-refractivity contribution in [3.8, 4) is 11.9 Å². The van der Waals surface area contributed by atoms with Gasteiger partial charge in [-0.1, -0.05) is 0 Å². The molecule has 1 aromatic rings. The van der Waals surface area contributed by atoms with Crippen LogP contribution in [0.1, 0.15) is 0 Å². The third-order valence-electron chi connectivity index (χ3n) is 1.42. The van der Waals surface area contributed by atoms with Crippen molar-refractivity contribution in [2.45, 2.75) is 0 Å². The summed E-state index contributed by atoms with van der Waals surface area (Å²) in [6, 6.07) is -0.0787. The maximum atomic E-state index is 10.5. The van der Waals surface area contributed by atoms with E-state index in [1.807, 2.05) is 0 Å². The number of nitrogens with zero attached hydrogens (tertiary/aromatic N) is 3. The molecule has 8 nitrogen and oxygen atoms in total. The maximum absolute atomic E-state index is 10.5. The Hall–Kier alpha value is -2.12. The van der Waals surface area contributed by atoms with E-state index in [0.717, 1.165) is 0 Å². The van der Waals surface area contributed by atoms with Crippen LogP contribution in [0.5, 0.6) is 11.9 Å². The van der Waals surface area contributed by atoms with E-state index >= 15 is 0 Å². The molecule has 0 saturated heterocycles. The van der Waals surface area contributed by atoms with Crippen LogP contribution in [-0.4, -0.2) is 29.1 Å². The molecule has 14 heavy (non-hydrogen) atoms. The monoisotopic (exact) mass is 200 g/mol. The molecule has 1 aromatic heterocycles. The lowest BCUT2D eigenvalue weighted by Crippen LogP contribution is -2.05. The standard InChI is InChI=1S/C6H8N4O4/c1-13-5-3(10(11)12)4(7)8-6(9-5)14-2/h1-2H3,(H2,7,8,9). The quantitative estimate of drug-likeness (QED) is 0.538. The van der Waals surface area contributed by atoms with Gasteiger partial charge in [0.25, 0.3) is 0 Å². The summed E-state index contributed by atoms with van der Waals surface area (Å²) in [5, 5.41) is 10.5. The molecule has 76 valence electrons. The fraction of sp³-hybridized carbons (Fsp3) is 0.333. The summed E-state index contributed by atoms with van der Waals surface area (Å²) in [4.78, 5) is 17.0. The van der Waals surface area contributed by atoms with E-state index in [9.17, 15) is 10.1 Å². The molecule has 8 heteroatoms. The first-order chi connectivity index (χ1) is 6.60. The number of nitrogen functional groups attached to an aromatic ring is 1. The number of hydrogen-bond donors (Lipinski definition) is 1. The molecule has 1 rings (SSSR count). The van der Waals surface area contributed by atoms with Gasteiger partial charge in [0, 0.05) is 0 Å². The van der Waals surface area contributed by atoms with E-state index in [4.69, 9.17) is 5.73 Å². The average Bonchev–Trinajstić information content (AvgIpc) is 2.15. The van der Waals surface area contributed by atoms with Gasteiger partial charge in [0.05, 0.1) is 19.1 Å². The van der Waals surface area contributed by atoms with E-state index in [-0.39, 0.29) is 17.7 Å². The first kappa shape index (κ1) is 9.96. The summed E-state index contributed by atoms with van der Waals surface area (Å²) in [6.45, 7) is 0. The van der Waals surface area contributed by atoms with Crippen molar-refractivity contribution in [2.75, 3.05) is 20.0 Å². The molecular formula is C6H8N4O4. The Bertz CT molecular complexity index is 367. The topological polar surface area (TPSA) is 113 Å². The Balaban J connectivity index is 3.34. The Labute approximate surface area is 78.8 Å². The van der Waals surface area contributed by atoms with Crippen molar-refractivity contribution in [1.29, 1.82) is 0 Å². The van der Waals surface area contributed by atoms with Crippen molar-refractivity contribution < 1.29 is 14.4 Å². The molecule has 0 unspecified atom stereocenters. The molecule has 0 aliphatic rings. The van der Waals surface area contributed by atoms with Crippen LogP contribution in [0.2, 0.25) is 0 Å². The van der Waals surface area contributed by atoms with Crippen LogP contribution in [0.3, 0.4) is 0 Å². The van der Waals surface area contributed by atoms with Gasteiger partial charge in [0.2, 0.25) is 5.82 Å². The highest BCUT2D eigenvalue weighted by Gasteiger charge is 2.24. The minimum atomic E-state index is -0.715. The molecule has 1 heterocycles. The van der Waals surface area contributed by atoms with Gasteiger partial charge in [-0.15, -0.1) is 0 Å². The van der Waals surface area contributed by atoms with E-state index in [0.29, 0.717) is 0 Å². The van der Waals surface area contributed by atoms with Crippen molar-refractivity contribution in [2.24, 2.45) is 0 Å². The summed E-state index contributed by atoms with van der Waals surface area (Å²) in [5.41, 5.74) is 4.86. The van der Waals surface area contributed by atoms with Crippen LogP contribution < -0.4 is 15.2 Å². The van der Waals surface area contributed by atoms with E-state index in [2.05, 4.69) is 19.4 Å². The lowest BCUT2D eigenvalue weighted by Gasteiger charge is -2.04. The molecule has 2 N–H and O–H groups in total. The van der Waals surface area contributed by atoms with Crippen LogP contribution >= 0.6 is 0 Å². The minimum Gasteiger partial charge on any atom is -0.476 e. The van der Waals surface area contributed by atoms with Crippen LogP contribution in [-0.2, 0) is 0 Å². The summed E-state index contributed by atoms with van der Waals surface area (Å²) in [6.07, 6.45) is 0. The molecule has 0 fully saturated rings. The first-order valence-electron chi connectivity index (χ1n) is 3.50. The zero-order valence-corrected chi connectivity index (χ0v) is 7.55. The number of rotatable bonds is 3. The Morgan fingerprint density at radius 3 is 2.43 bits per heavy atom. The largest absolute Gasteiger partial charge is 0.476 e. The number of anilines is 1. The molecule has 0 amide bonds. The smallest absolute Gasteiger partial charge is 0.372 e. The lowest BCUT2D eigenvalue weighted by atomic mass is 10.4. The summed E-state index contributed by atoms with van der Waals surface area (Å²) in [5.74, 6) is -0.516. The van der Waals surface area contributed by atoms with Crippen molar-refractivity contribution in [1.82, 2.24) is 9.97 Å². The highest BCUT2D eigenvalue weighted by molar-refractivity contribution is 5.59. The van der Waals surface area contributed by atoms with Gasteiger partial charge < -0.3 is 15.2 Å². The molecule has 0 aliphatic heterocycles. The molecule has 0 saturated carbocycles. The summed E-state index contributed by atoms with van der Waals surface area (Å²) in [7, 11) is 2.56. The van der Waals surface area contributed by atoms with Crippen molar-refractivity contribution in [3.05, 3.63) is 10.1 Å². The van der Waals surface area contributed by atoms with E-state index in [1.165, 1.54) is 14.2 Å². The van der Waals surface area contributed by atoms with Gasteiger partial charge in [-0.3, -0.25) is 10.1 Å². The predicted molar refractivity (Wildman–Crippen MR) is 46.2 cm³/mol. The van der Waals surface area contributed by atoms with Crippen molar-refractivity contribution >= 4 is 11.5 Å². The summed E-state index contributed by atoms with van der Waals surface area (Å²) < 4.78 is 9.34. The van der Waals surface area contributed by atoms with E-state index < -0.39 is 10.6 Å². The zero-order chi connectivity index (χ0) is 10.7.